The summed E-state index contributed by atoms with van der Waals surface area (Å²) in [5.74, 6) is 1.02. The van der Waals surface area contributed by atoms with Crippen LogP contribution >= 0.6 is 0 Å². The average Bonchev–Trinajstić information content (AvgIpc) is 3.58. The first kappa shape index (κ1) is 38.9. The standard InChI is InChI=1S/C53H62OSi/c1-29-17-30(2)21-39(20-29)46-37(9)38(10)47(40-22-31(3)18-32(4)23-40)49-44(46)27-36(8)52(49)55(15,16)51-35(7)26-42-43(51)28-45(53(11,12)13)50(54-14)48(42)41-24-33(5)19-34(6)25-41/h17-28,51-52H,1-16H3. The zero-order valence-corrected chi connectivity index (χ0v) is 37.5. The van der Waals surface area contributed by atoms with Crippen LogP contribution in [0.15, 0.2) is 71.8 Å². The predicted molar refractivity (Wildman–Crippen MR) is 243 cm³/mol. The van der Waals surface area contributed by atoms with E-state index >= 15 is 0 Å². The number of rotatable bonds is 6. The van der Waals surface area contributed by atoms with Crippen LogP contribution in [0.3, 0.4) is 0 Å². The van der Waals surface area contributed by atoms with Crippen LogP contribution in [-0.2, 0) is 5.41 Å². The molecule has 0 aliphatic heterocycles. The van der Waals surface area contributed by atoms with E-state index in [1.54, 1.807) is 5.56 Å². The van der Waals surface area contributed by atoms with E-state index in [-0.39, 0.29) is 5.41 Å². The van der Waals surface area contributed by atoms with Crippen molar-refractivity contribution in [3.63, 3.8) is 0 Å². The van der Waals surface area contributed by atoms with Crippen LogP contribution < -0.4 is 4.74 Å². The third-order valence-electron chi connectivity index (χ3n) is 12.8. The maximum atomic E-state index is 6.44. The van der Waals surface area contributed by atoms with E-state index in [2.05, 4.69) is 176 Å². The van der Waals surface area contributed by atoms with Gasteiger partial charge in [-0.1, -0.05) is 151 Å². The van der Waals surface area contributed by atoms with Crippen molar-refractivity contribution in [1.82, 2.24) is 0 Å². The van der Waals surface area contributed by atoms with Crippen molar-refractivity contribution in [2.75, 3.05) is 7.11 Å². The minimum atomic E-state index is -2.28. The second-order valence-electron chi connectivity index (χ2n) is 19.0. The first-order valence-corrected chi connectivity index (χ1v) is 23.4. The van der Waals surface area contributed by atoms with Crippen molar-refractivity contribution < 1.29 is 4.74 Å². The summed E-state index contributed by atoms with van der Waals surface area (Å²) in [6.07, 6.45) is 5.11. The molecule has 1 nitrogen and oxygen atoms in total. The quantitative estimate of drug-likeness (QED) is 0.157. The molecule has 5 aromatic carbocycles. The topological polar surface area (TPSA) is 9.23 Å². The average molecular weight is 743 g/mol. The van der Waals surface area contributed by atoms with Gasteiger partial charge in [0, 0.05) is 22.2 Å². The zero-order chi connectivity index (χ0) is 40.0. The highest BCUT2D eigenvalue weighted by atomic mass is 28.3. The van der Waals surface area contributed by atoms with Gasteiger partial charge in [-0.3, -0.25) is 0 Å². The van der Waals surface area contributed by atoms with Crippen molar-refractivity contribution >= 4 is 20.2 Å². The van der Waals surface area contributed by atoms with Gasteiger partial charge in [-0.05, 0) is 136 Å². The van der Waals surface area contributed by atoms with Gasteiger partial charge >= 0.3 is 0 Å². The molecule has 7 rings (SSSR count). The Labute approximate surface area is 333 Å². The van der Waals surface area contributed by atoms with E-state index in [4.69, 9.17) is 4.74 Å². The van der Waals surface area contributed by atoms with Crippen LogP contribution in [0.2, 0.25) is 13.1 Å². The Kier molecular flexibility index (Phi) is 9.65. The minimum Gasteiger partial charge on any atom is -0.496 e. The molecule has 2 aliphatic rings. The molecule has 2 heteroatoms. The van der Waals surface area contributed by atoms with Crippen molar-refractivity contribution in [1.29, 1.82) is 0 Å². The molecule has 0 fully saturated rings. The number of benzene rings is 5. The number of hydrogen-bond acceptors (Lipinski definition) is 1. The van der Waals surface area contributed by atoms with Gasteiger partial charge in [0.1, 0.15) is 5.75 Å². The van der Waals surface area contributed by atoms with E-state index < -0.39 is 8.07 Å². The summed E-state index contributed by atoms with van der Waals surface area (Å²) in [6, 6.07) is 23.8. The van der Waals surface area contributed by atoms with Gasteiger partial charge < -0.3 is 4.74 Å². The maximum absolute atomic E-state index is 6.44. The third-order valence-corrected chi connectivity index (χ3v) is 17.3. The fourth-order valence-electron chi connectivity index (χ4n) is 11.0. The van der Waals surface area contributed by atoms with Gasteiger partial charge in [-0.25, -0.2) is 0 Å². The molecule has 0 heterocycles. The van der Waals surface area contributed by atoms with Crippen molar-refractivity contribution in [3.05, 3.63) is 144 Å². The molecule has 55 heavy (non-hydrogen) atoms. The predicted octanol–water partition coefficient (Wildman–Crippen LogP) is 14.9. The summed E-state index contributed by atoms with van der Waals surface area (Å²) >= 11 is 0. The van der Waals surface area contributed by atoms with E-state index in [9.17, 15) is 0 Å². The first-order valence-electron chi connectivity index (χ1n) is 20.3. The second-order valence-corrected chi connectivity index (χ2v) is 23.8. The number of methoxy groups -OCH3 is 1. The molecule has 2 atom stereocenters. The maximum Gasteiger partial charge on any atom is 0.131 e. The molecule has 0 amide bonds. The molecule has 2 unspecified atom stereocenters. The molecule has 0 bridgehead atoms. The van der Waals surface area contributed by atoms with Crippen LogP contribution in [0.4, 0.5) is 0 Å². The fraction of sp³-hybridized carbons (Fsp3) is 0.358. The van der Waals surface area contributed by atoms with E-state index in [1.807, 2.05) is 7.11 Å². The summed E-state index contributed by atoms with van der Waals surface area (Å²) in [6.45, 7) is 35.4. The summed E-state index contributed by atoms with van der Waals surface area (Å²) in [4.78, 5) is 0. The number of aryl methyl sites for hydroxylation is 6. The van der Waals surface area contributed by atoms with E-state index in [0.29, 0.717) is 11.1 Å². The van der Waals surface area contributed by atoms with Gasteiger partial charge in [-0.15, -0.1) is 0 Å². The summed E-state index contributed by atoms with van der Waals surface area (Å²) in [5.41, 5.74) is 29.4. The van der Waals surface area contributed by atoms with Crippen LogP contribution in [0.25, 0.3) is 45.5 Å². The summed E-state index contributed by atoms with van der Waals surface area (Å²) < 4.78 is 6.44. The van der Waals surface area contributed by atoms with Gasteiger partial charge in [0.15, 0.2) is 0 Å². The Hall–Kier alpha value is -4.40. The molecular formula is C53H62OSi. The summed E-state index contributed by atoms with van der Waals surface area (Å²) in [7, 11) is -0.414. The largest absolute Gasteiger partial charge is 0.496 e. The lowest BCUT2D eigenvalue weighted by atomic mass is 9.81. The lowest BCUT2D eigenvalue weighted by molar-refractivity contribution is 0.399. The Bertz CT molecular complexity index is 2420. The molecule has 0 spiro atoms. The molecule has 284 valence electrons. The molecule has 2 aliphatic carbocycles. The molecule has 0 aromatic heterocycles. The normalized spacial score (nSPS) is 16.6. The van der Waals surface area contributed by atoms with Gasteiger partial charge in [0.2, 0.25) is 0 Å². The van der Waals surface area contributed by atoms with E-state index in [0.717, 1.165) is 5.75 Å². The Balaban J connectivity index is 1.54. The number of ether oxygens (including phenoxy) is 1. The van der Waals surface area contributed by atoms with Crippen molar-refractivity contribution in [3.8, 4) is 39.1 Å². The van der Waals surface area contributed by atoms with Crippen molar-refractivity contribution in [2.45, 2.75) is 120 Å². The summed E-state index contributed by atoms with van der Waals surface area (Å²) in [5, 5.41) is 0. The number of allylic oxidation sites excluding steroid dienone is 2. The van der Waals surface area contributed by atoms with Crippen LogP contribution in [0.1, 0.15) is 118 Å². The van der Waals surface area contributed by atoms with Gasteiger partial charge in [-0.2, -0.15) is 0 Å². The Morgan fingerprint density at radius 2 is 0.891 bits per heavy atom. The highest BCUT2D eigenvalue weighted by Crippen LogP contribution is 2.59. The minimum absolute atomic E-state index is 0.0950. The highest BCUT2D eigenvalue weighted by molar-refractivity contribution is 6.82. The van der Waals surface area contributed by atoms with Crippen LogP contribution in [-0.4, -0.2) is 15.2 Å². The third kappa shape index (κ3) is 6.49. The molecular weight excluding hydrogens is 681 g/mol. The van der Waals surface area contributed by atoms with Gasteiger partial charge in [0.05, 0.1) is 15.2 Å². The molecule has 0 saturated heterocycles. The van der Waals surface area contributed by atoms with Crippen LogP contribution in [0.5, 0.6) is 5.75 Å². The monoisotopic (exact) mass is 742 g/mol. The van der Waals surface area contributed by atoms with Gasteiger partial charge in [0.25, 0.3) is 0 Å². The second kappa shape index (κ2) is 13.7. The zero-order valence-electron chi connectivity index (χ0n) is 36.5. The highest BCUT2D eigenvalue weighted by Gasteiger charge is 2.49. The smallest absolute Gasteiger partial charge is 0.131 e. The number of hydrogen-bond donors (Lipinski definition) is 0. The Morgan fingerprint density at radius 1 is 0.491 bits per heavy atom. The first-order chi connectivity index (χ1) is 25.7. The molecule has 0 N–H and O–H groups in total. The van der Waals surface area contributed by atoms with Crippen molar-refractivity contribution in [2.24, 2.45) is 0 Å². The molecule has 0 saturated carbocycles. The van der Waals surface area contributed by atoms with Crippen LogP contribution in [0, 0.1) is 55.4 Å². The molecule has 5 aromatic rings. The number of fused-ring (bicyclic) bond motifs is 2. The lowest BCUT2D eigenvalue weighted by Crippen LogP contribution is -2.42. The Morgan fingerprint density at radius 3 is 1.35 bits per heavy atom. The molecule has 0 radical (unpaired) electrons. The SMILES string of the molecule is COc1c(C(C)(C)C)cc2c(c1-c1cc(C)cc(C)c1)C=C(C)C2[Si](C)(C)C1C(C)=Cc2c(-c3cc(C)cc(C)c3)c(C)c(C)c(-c3cc(C)cc(C)c3)c21. The lowest BCUT2D eigenvalue weighted by Gasteiger charge is -2.41. The fourth-order valence-corrected chi connectivity index (χ4v) is 15.9. The van der Waals surface area contributed by atoms with E-state index in [1.165, 1.54) is 111 Å².